The number of imidazole rings is 1. The molecule has 0 aliphatic carbocycles. The van der Waals surface area contributed by atoms with E-state index in [1.807, 2.05) is 60.1 Å². The Labute approximate surface area is 155 Å². The van der Waals surface area contributed by atoms with Gasteiger partial charge in [0.15, 0.2) is 0 Å². The minimum Gasteiger partial charge on any atom is -0.422 e. The highest BCUT2D eigenvalue weighted by molar-refractivity contribution is 5.84. The number of nitrogens with zero attached hydrogens (tertiary/aromatic N) is 2. The monoisotopic (exact) mass is 360 g/mol. The van der Waals surface area contributed by atoms with Crippen LogP contribution in [-0.2, 0) is 0 Å². The van der Waals surface area contributed by atoms with Gasteiger partial charge in [-0.25, -0.2) is 9.78 Å². The Hall–Kier alpha value is -3.12. The zero-order chi connectivity index (χ0) is 18.4. The largest absolute Gasteiger partial charge is 0.422 e. The molecule has 0 spiro atoms. The average molecular weight is 360 g/mol. The van der Waals surface area contributed by atoms with E-state index in [1.165, 1.54) is 0 Å². The maximum Gasteiger partial charge on any atom is 0.345 e. The fraction of sp³-hybridized carbons (Fsp3) is 0.238. The maximum atomic E-state index is 12.6. The number of nitrogens with one attached hydrogen (secondary N) is 2. The summed E-state index contributed by atoms with van der Waals surface area (Å²) >= 11 is 0. The molecule has 0 radical (unpaired) electrons. The van der Waals surface area contributed by atoms with E-state index in [-0.39, 0.29) is 5.63 Å². The van der Waals surface area contributed by atoms with Gasteiger partial charge in [0.05, 0.1) is 11.3 Å². The number of benzene rings is 1. The summed E-state index contributed by atoms with van der Waals surface area (Å²) in [5.41, 5.74) is 4.22. The number of hydrogen-bond acceptors (Lipinski definition) is 5. The number of hydrogen-bond donors (Lipinski definition) is 2. The highest BCUT2D eigenvalue weighted by Crippen LogP contribution is 2.24. The second-order valence-corrected chi connectivity index (χ2v) is 7.13. The molecule has 4 heterocycles. The van der Waals surface area contributed by atoms with Crippen molar-refractivity contribution in [2.75, 3.05) is 18.4 Å². The number of aromatic nitrogens is 2. The SMILES string of the molecule is Cc1ccn2cc(-c3cc4ccc(N[C@H]5CCNC5)cc4oc3=O)nc2c1. The molecule has 3 aromatic heterocycles. The van der Waals surface area contributed by atoms with Crippen LogP contribution in [0.15, 0.2) is 58.0 Å². The second-order valence-electron chi connectivity index (χ2n) is 7.13. The molecule has 1 atom stereocenters. The summed E-state index contributed by atoms with van der Waals surface area (Å²) < 4.78 is 7.52. The van der Waals surface area contributed by atoms with E-state index >= 15 is 0 Å². The topological polar surface area (TPSA) is 71.6 Å². The van der Waals surface area contributed by atoms with Gasteiger partial charge in [0.2, 0.25) is 0 Å². The molecule has 0 amide bonds. The first-order chi connectivity index (χ1) is 13.2. The van der Waals surface area contributed by atoms with Crippen molar-refractivity contribution >= 4 is 22.3 Å². The summed E-state index contributed by atoms with van der Waals surface area (Å²) in [4.78, 5) is 17.2. The van der Waals surface area contributed by atoms with Crippen molar-refractivity contribution in [2.24, 2.45) is 0 Å². The fourth-order valence-electron chi connectivity index (χ4n) is 3.61. The molecule has 5 rings (SSSR count). The molecule has 1 aromatic carbocycles. The van der Waals surface area contributed by atoms with Crippen molar-refractivity contribution < 1.29 is 4.42 Å². The number of anilines is 1. The Bertz CT molecular complexity index is 1200. The summed E-state index contributed by atoms with van der Waals surface area (Å²) in [5.74, 6) is 0. The third-order valence-corrected chi connectivity index (χ3v) is 5.06. The standard InChI is InChI=1S/C21H20N4O2/c1-13-5-7-25-12-18(24-20(25)8-13)17-9-14-2-3-15(10-19(14)27-21(17)26)23-16-4-6-22-11-16/h2-3,5,7-10,12,16,22-23H,4,6,11H2,1H3/t16-/m0/s1. The first-order valence-corrected chi connectivity index (χ1v) is 9.17. The summed E-state index contributed by atoms with van der Waals surface area (Å²) in [6, 6.07) is 12.2. The molecule has 0 saturated carbocycles. The van der Waals surface area contributed by atoms with Crippen molar-refractivity contribution in [1.29, 1.82) is 0 Å². The molecule has 0 bridgehead atoms. The Kier molecular flexibility index (Phi) is 3.72. The lowest BCUT2D eigenvalue weighted by molar-refractivity contribution is 0.563. The molecule has 0 unspecified atom stereocenters. The Balaban J connectivity index is 1.54. The molecule has 2 N–H and O–H groups in total. The van der Waals surface area contributed by atoms with Crippen LogP contribution in [0.4, 0.5) is 5.69 Å². The minimum absolute atomic E-state index is 0.373. The first-order valence-electron chi connectivity index (χ1n) is 9.17. The third-order valence-electron chi connectivity index (χ3n) is 5.06. The van der Waals surface area contributed by atoms with E-state index in [0.29, 0.717) is 22.9 Å². The minimum atomic E-state index is -0.373. The number of rotatable bonds is 3. The number of pyridine rings is 1. The van der Waals surface area contributed by atoms with E-state index < -0.39 is 0 Å². The van der Waals surface area contributed by atoms with Crippen LogP contribution in [-0.4, -0.2) is 28.5 Å². The number of fused-ring (bicyclic) bond motifs is 2. The summed E-state index contributed by atoms with van der Waals surface area (Å²) in [5, 5.41) is 7.70. The van der Waals surface area contributed by atoms with Crippen LogP contribution in [0, 0.1) is 6.92 Å². The second kappa shape index (κ2) is 6.25. The molecule has 1 aliphatic rings. The van der Waals surface area contributed by atoms with Crippen LogP contribution in [0.3, 0.4) is 0 Å². The van der Waals surface area contributed by atoms with Gasteiger partial charge in [0, 0.05) is 42.1 Å². The Morgan fingerprint density at radius 3 is 3.04 bits per heavy atom. The van der Waals surface area contributed by atoms with Gasteiger partial charge in [-0.2, -0.15) is 0 Å². The zero-order valence-electron chi connectivity index (χ0n) is 15.0. The molecule has 6 nitrogen and oxygen atoms in total. The summed E-state index contributed by atoms with van der Waals surface area (Å²) in [7, 11) is 0. The van der Waals surface area contributed by atoms with Gasteiger partial charge in [0.1, 0.15) is 11.2 Å². The lowest BCUT2D eigenvalue weighted by atomic mass is 10.1. The average Bonchev–Trinajstić information content (AvgIpc) is 3.30. The van der Waals surface area contributed by atoms with Crippen LogP contribution >= 0.6 is 0 Å². The lowest BCUT2D eigenvalue weighted by Gasteiger charge is -2.13. The molecule has 1 fully saturated rings. The van der Waals surface area contributed by atoms with E-state index in [0.717, 1.165) is 41.8 Å². The lowest BCUT2D eigenvalue weighted by Crippen LogP contribution is -2.21. The van der Waals surface area contributed by atoms with Gasteiger partial charge in [-0.15, -0.1) is 0 Å². The molecule has 1 aliphatic heterocycles. The Morgan fingerprint density at radius 2 is 2.19 bits per heavy atom. The molecule has 4 aromatic rings. The van der Waals surface area contributed by atoms with Crippen molar-refractivity contribution in [2.45, 2.75) is 19.4 Å². The van der Waals surface area contributed by atoms with Crippen LogP contribution < -0.4 is 16.3 Å². The van der Waals surface area contributed by atoms with Crippen LogP contribution in [0.2, 0.25) is 0 Å². The molecular weight excluding hydrogens is 340 g/mol. The zero-order valence-corrected chi connectivity index (χ0v) is 15.0. The number of aryl methyl sites for hydroxylation is 1. The van der Waals surface area contributed by atoms with Gasteiger partial charge in [-0.05, 0) is 55.8 Å². The highest BCUT2D eigenvalue weighted by Gasteiger charge is 2.15. The van der Waals surface area contributed by atoms with Crippen LogP contribution in [0.5, 0.6) is 0 Å². The maximum absolute atomic E-state index is 12.6. The van der Waals surface area contributed by atoms with E-state index in [9.17, 15) is 4.79 Å². The predicted octanol–water partition coefficient (Wildman–Crippen LogP) is 3.19. The van der Waals surface area contributed by atoms with Gasteiger partial charge < -0.3 is 19.5 Å². The van der Waals surface area contributed by atoms with E-state index in [1.54, 1.807) is 0 Å². The van der Waals surface area contributed by atoms with Crippen LogP contribution in [0.25, 0.3) is 27.9 Å². The van der Waals surface area contributed by atoms with Crippen LogP contribution in [0.1, 0.15) is 12.0 Å². The predicted molar refractivity (Wildman–Crippen MR) is 106 cm³/mol. The van der Waals surface area contributed by atoms with Crippen molar-refractivity contribution in [3.63, 3.8) is 0 Å². The molecule has 1 saturated heterocycles. The van der Waals surface area contributed by atoms with Gasteiger partial charge in [-0.3, -0.25) is 0 Å². The van der Waals surface area contributed by atoms with Gasteiger partial charge in [0.25, 0.3) is 0 Å². The molecular formula is C21H20N4O2. The van der Waals surface area contributed by atoms with E-state index in [2.05, 4.69) is 15.6 Å². The Morgan fingerprint density at radius 1 is 1.26 bits per heavy atom. The third kappa shape index (κ3) is 2.98. The van der Waals surface area contributed by atoms with Crippen molar-refractivity contribution in [3.8, 4) is 11.3 Å². The fourth-order valence-corrected chi connectivity index (χ4v) is 3.61. The smallest absolute Gasteiger partial charge is 0.345 e. The van der Waals surface area contributed by atoms with Gasteiger partial charge >= 0.3 is 5.63 Å². The molecule has 27 heavy (non-hydrogen) atoms. The van der Waals surface area contributed by atoms with Gasteiger partial charge in [-0.1, -0.05) is 0 Å². The quantitative estimate of drug-likeness (QED) is 0.549. The summed E-state index contributed by atoms with van der Waals surface area (Å²) in [6.45, 7) is 4.00. The highest BCUT2D eigenvalue weighted by atomic mass is 16.4. The molecule has 136 valence electrons. The molecule has 6 heteroatoms. The first kappa shape index (κ1) is 16.1. The van der Waals surface area contributed by atoms with Crippen molar-refractivity contribution in [1.82, 2.24) is 14.7 Å². The normalized spacial score (nSPS) is 17.0. The van der Waals surface area contributed by atoms with Crippen molar-refractivity contribution in [3.05, 3.63) is 64.8 Å². The van der Waals surface area contributed by atoms with E-state index in [4.69, 9.17) is 4.42 Å². The summed E-state index contributed by atoms with van der Waals surface area (Å²) in [6.07, 6.45) is 4.89.